The molecule has 2 atom stereocenters. The summed E-state index contributed by atoms with van der Waals surface area (Å²) >= 11 is 6.21. The molecule has 2 fully saturated rings. The molecule has 1 saturated carbocycles. The van der Waals surface area contributed by atoms with Crippen molar-refractivity contribution in [2.24, 2.45) is 5.92 Å². The van der Waals surface area contributed by atoms with E-state index < -0.39 is 0 Å². The van der Waals surface area contributed by atoms with Crippen molar-refractivity contribution in [1.29, 1.82) is 0 Å². The van der Waals surface area contributed by atoms with Crippen molar-refractivity contribution < 1.29 is 4.39 Å². The molecule has 1 N–H and O–H groups in total. The van der Waals surface area contributed by atoms with Gasteiger partial charge in [-0.25, -0.2) is 4.39 Å². The molecule has 116 valence electrons. The Kier molecular flexibility index (Phi) is 4.26. The summed E-state index contributed by atoms with van der Waals surface area (Å²) in [6, 6.07) is 5.48. The molecule has 1 aliphatic carbocycles. The van der Waals surface area contributed by atoms with Crippen LogP contribution in [0, 0.1) is 11.7 Å². The highest BCUT2D eigenvalue weighted by Crippen LogP contribution is 2.38. The molecule has 1 aromatic rings. The first kappa shape index (κ1) is 15.3. The quantitative estimate of drug-likeness (QED) is 0.909. The maximum atomic E-state index is 14.1. The molecule has 3 rings (SSSR count). The second-order valence-electron chi connectivity index (χ2n) is 6.81. The molecular formula is C17H24ClFN2. The van der Waals surface area contributed by atoms with Crippen LogP contribution in [0.4, 0.5) is 4.39 Å². The number of hydrogen-bond acceptors (Lipinski definition) is 2. The van der Waals surface area contributed by atoms with Gasteiger partial charge in [-0.15, -0.1) is 0 Å². The van der Waals surface area contributed by atoms with E-state index in [4.69, 9.17) is 11.6 Å². The van der Waals surface area contributed by atoms with E-state index in [1.54, 1.807) is 12.1 Å². The Hall–Kier alpha value is -0.640. The van der Waals surface area contributed by atoms with Crippen molar-refractivity contribution in [3.63, 3.8) is 0 Å². The Morgan fingerprint density at radius 3 is 2.81 bits per heavy atom. The lowest BCUT2D eigenvalue weighted by molar-refractivity contribution is 0.0653. The Labute approximate surface area is 131 Å². The Bertz CT molecular complexity index is 497. The van der Waals surface area contributed by atoms with E-state index in [1.165, 1.54) is 18.9 Å². The molecule has 1 saturated heterocycles. The number of hydrogen-bond donors (Lipinski definition) is 1. The predicted octanol–water partition coefficient (Wildman–Crippen LogP) is 3.83. The molecule has 1 heterocycles. The molecule has 1 aliphatic heterocycles. The van der Waals surface area contributed by atoms with E-state index in [1.807, 2.05) is 0 Å². The topological polar surface area (TPSA) is 15.3 Å². The van der Waals surface area contributed by atoms with Gasteiger partial charge in [0.1, 0.15) is 5.82 Å². The summed E-state index contributed by atoms with van der Waals surface area (Å²) < 4.78 is 14.1. The number of rotatable bonds is 4. The van der Waals surface area contributed by atoms with Gasteiger partial charge in [-0.2, -0.15) is 0 Å². The molecule has 2 aliphatic rings. The van der Waals surface area contributed by atoms with Crippen molar-refractivity contribution in [1.82, 2.24) is 10.2 Å². The first-order valence-corrected chi connectivity index (χ1v) is 8.32. The fourth-order valence-corrected chi connectivity index (χ4v) is 3.57. The third-order valence-corrected chi connectivity index (χ3v) is 5.48. The molecule has 0 amide bonds. The molecule has 0 radical (unpaired) electrons. The molecule has 0 spiro atoms. The molecule has 0 aromatic heterocycles. The fourth-order valence-electron chi connectivity index (χ4n) is 3.34. The highest BCUT2D eigenvalue weighted by atomic mass is 35.5. The number of nitrogens with zero attached hydrogens (tertiary/aromatic N) is 1. The summed E-state index contributed by atoms with van der Waals surface area (Å²) in [5.74, 6) is 0.582. The summed E-state index contributed by atoms with van der Waals surface area (Å²) in [7, 11) is 0. The zero-order chi connectivity index (χ0) is 15.0. The van der Waals surface area contributed by atoms with Gasteiger partial charge in [-0.3, -0.25) is 4.90 Å². The summed E-state index contributed by atoms with van der Waals surface area (Å²) in [5.41, 5.74) is 0.758. The van der Waals surface area contributed by atoms with Crippen LogP contribution in [-0.4, -0.2) is 29.6 Å². The van der Waals surface area contributed by atoms with Gasteiger partial charge < -0.3 is 5.32 Å². The average molecular weight is 311 g/mol. The lowest BCUT2D eigenvalue weighted by Crippen LogP contribution is -2.62. The third-order valence-electron chi connectivity index (χ3n) is 5.13. The highest BCUT2D eigenvalue weighted by Gasteiger charge is 2.42. The zero-order valence-electron chi connectivity index (χ0n) is 12.8. The van der Waals surface area contributed by atoms with Crippen molar-refractivity contribution >= 4 is 11.6 Å². The van der Waals surface area contributed by atoms with Crippen molar-refractivity contribution in [3.05, 3.63) is 34.6 Å². The van der Waals surface area contributed by atoms with Gasteiger partial charge in [-0.05, 0) is 44.2 Å². The van der Waals surface area contributed by atoms with Crippen LogP contribution in [0.1, 0.15) is 38.7 Å². The Morgan fingerprint density at radius 1 is 1.43 bits per heavy atom. The molecule has 4 heteroatoms. The van der Waals surface area contributed by atoms with Crippen molar-refractivity contribution in [2.75, 3.05) is 13.1 Å². The standard InChI is InChI=1S/C17H24ClFN2/c1-3-17(2)11-21(16(9-20-17)12-7-8-12)10-13-14(18)5-4-6-15(13)19/h4-6,12,16,20H,3,7-11H2,1-2H3. The van der Waals surface area contributed by atoms with Crippen molar-refractivity contribution in [3.8, 4) is 0 Å². The first-order chi connectivity index (χ1) is 10.0. The summed E-state index contributed by atoms with van der Waals surface area (Å²) in [4.78, 5) is 2.45. The second kappa shape index (κ2) is 5.86. The van der Waals surface area contributed by atoms with E-state index >= 15 is 0 Å². The Balaban J connectivity index is 1.82. The number of nitrogens with one attached hydrogen (secondary N) is 1. The SMILES string of the molecule is CCC1(C)CN(Cc2c(F)cccc2Cl)C(C2CC2)CN1. The van der Waals surface area contributed by atoms with Crippen LogP contribution in [0.2, 0.25) is 5.02 Å². The van der Waals surface area contributed by atoms with E-state index in [-0.39, 0.29) is 11.4 Å². The van der Waals surface area contributed by atoms with E-state index in [0.717, 1.165) is 25.4 Å². The monoisotopic (exact) mass is 310 g/mol. The molecular weight excluding hydrogens is 287 g/mol. The van der Waals surface area contributed by atoms with Crippen LogP contribution in [0.5, 0.6) is 0 Å². The summed E-state index contributed by atoms with van der Waals surface area (Å²) in [6.45, 7) is 7.03. The van der Waals surface area contributed by atoms with Crippen LogP contribution < -0.4 is 5.32 Å². The number of benzene rings is 1. The van der Waals surface area contributed by atoms with E-state index in [2.05, 4.69) is 24.1 Å². The van der Waals surface area contributed by atoms with E-state index in [0.29, 0.717) is 23.2 Å². The summed E-state index contributed by atoms with van der Waals surface area (Å²) in [5, 5.41) is 4.24. The second-order valence-corrected chi connectivity index (χ2v) is 7.21. The van der Waals surface area contributed by atoms with Gasteiger partial charge in [0.25, 0.3) is 0 Å². The lowest BCUT2D eigenvalue weighted by Gasteiger charge is -2.46. The molecule has 2 nitrogen and oxygen atoms in total. The maximum absolute atomic E-state index is 14.1. The minimum atomic E-state index is -0.186. The average Bonchev–Trinajstić information content (AvgIpc) is 3.28. The van der Waals surface area contributed by atoms with Crippen LogP contribution in [0.3, 0.4) is 0 Å². The summed E-state index contributed by atoms with van der Waals surface area (Å²) in [6.07, 6.45) is 3.68. The zero-order valence-corrected chi connectivity index (χ0v) is 13.6. The molecule has 2 unspecified atom stereocenters. The molecule has 0 bridgehead atoms. The molecule has 1 aromatic carbocycles. The van der Waals surface area contributed by atoms with Crippen molar-refractivity contribution in [2.45, 2.75) is 51.2 Å². The van der Waals surface area contributed by atoms with Crippen LogP contribution in [0.25, 0.3) is 0 Å². The van der Waals surface area contributed by atoms with Gasteiger partial charge in [0.05, 0.1) is 0 Å². The minimum absolute atomic E-state index is 0.114. The van der Waals surface area contributed by atoms with Crippen LogP contribution in [0.15, 0.2) is 18.2 Å². The number of piperazine rings is 1. The van der Waals surface area contributed by atoms with Gasteiger partial charge in [0.2, 0.25) is 0 Å². The van der Waals surface area contributed by atoms with Gasteiger partial charge in [0.15, 0.2) is 0 Å². The van der Waals surface area contributed by atoms with E-state index in [9.17, 15) is 4.39 Å². The predicted molar refractivity (Wildman–Crippen MR) is 85.0 cm³/mol. The minimum Gasteiger partial charge on any atom is -0.309 e. The number of halogens is 2. The third kappa shape index (κ3) is 3.25. The Morgan fingerprint density at radius 2 is 2.19 bits per heavy atom. The first-order valence-electron chi connectivity index (χ1n) is 7.94. The fraction of sp³-hybridized carbons (Fsp3) is 0.647. The smallest absolute Gasteiger partial charge is 0.129 e. The van der Waals surface area contributed by atoms with Gasteiger partial charge >= 0.3 is 0 Å². The van der Waals surface area contributed by atoms with Gasteiger partial charge in [0, 0.05) is 41.8 Å². The lowest BCUT2D eigenvalue weighted by atomic mass is 9.91. The molecule has 21 heavy (non-hydrogen) atoms. The largest absolute Gasteiger partial charge is 0.309 e. The highest BCUT2D eigenvalue weighted by molar-refractivity contribution is 6.31. The van der Waals surface area contributed by atoms with Crippen LogP contribution in [-0.2, 0) is 6.54 Å². The van der Waals surface area contributed by atoms with Gasteiger partial charge in [-0.1, -0.05) is 24.6 Å². The normalized spacial score (nSPS) is 30.6. The van der Waals surface area contributed by atoms with Crippen LogP contribution >= 0.6 is 11.6 Å². The maximum Gasteiger partial charge on any atom is 0.129 e.